The van der Waals surface area contributed by atoms with Crippen molar-refractivity contribution >= 4 is 32.3 Å². The first-order valence-corrected chi connectivity index (χ1v) is 8.41. The lowest BCUT2D eigenvalue weighted by Crippen LogP contribution is -2.06. The van der Waals surface area contributed by atoms with Crippen LogP contribution < -0.4 is 5.73 Å². The number of nitrogens with zero attached hydrogens (tertiary/aromatic N) is 2. The molecule has 0 amide bonds. The fourth-order valence-electron chi connectivity index (χ4n) is 3.01. The molecule has 2 N–H and O–H groups in total. The van der Waals surface area contributed by atoms with Gasteiger partial charge in [0.05, 0.1) is 11.4 Å². The third-order valence-electron chi connectivity index (χ3n) is 4.09. The average molecular weight is 366 g/mol. The van der Waals surface area contributed by atoms with E-state index in [-0.39, 0.29) is 0 Å². The minimum Gasteiger partial charge on any atom is -0.330 e. The van der Waals surface area contributed by atoms with E-state index in [1.165, 1.54) is 10.8 Å². The van der Waals surface area contributed by atoms with Crippen LogP contribution in [0, 0.1) is 0 Å². The van der Waals surface area contributed by atoms with Gasteiger partial charge in [-0.3, -0.25) is 0 Å². The third-order valence-corrected chi connectivity index (χ3v) is 4.55. The van der Waals surface area contributed by atoms with Crippen molar-refractivity contribution in [2.24, 2.45) is 5.73 Å². The maximum Gasteiger partial charge on any atom is 0.137 e. The van der Waals surface area contributed by atoms with Crippen molar-refractivity contribution in [2.75, 3.05) is 6.54 Å². The molecule has 0 atom stereocenters. The Morgan fingerprint density at radius 3 is 2.65 bits per heavy atom. The molecule has 2 aromatic heterocycles. The van der Waals surface area contributed by atoms with Crippen molar-refractivity contribution in [3.63, 3.8) is 0 Å². The number of hydrogen-bond donors (Lipinski definition) is 1. The van der Waals surface area contributed by atoms with Crippen LogP contribution >= 0.6 is 15.9 Å². The first-order chi connectivity index (χ1) is 11.3. The number of fused-ring (bicyclic) bond motifs is 2. The van der Waals surface area contributed by atoms with Crippen LogP contribution in [0.5, 0.6) is 0 Å². The van der Waals surface area contributed by atoms with Gasteiger partial charge in [0, 0.05) is 22.7 Å². The van der Waals surface area contributed by atoms with Gasteiger partial charge in [-0.15, -0.1) is 0 Å². The van der Waals surface area contributed by atoms with E-state index in [9.17, 15) is 0 Å². The minimum absolute atomic E-state index is 0.598. The van der Waals surface area contributed by atoms with Crippen LogP contribution in [0.15, 0.2) is 65.3 Å². The maximum absolute atomic E-state index is 5.83. The number of pyridine rings is 1. The first kappa shape index (κ1) is 14.4. The Bertz CT molecular complexity index is 1000. The molecule has 0 fully saturated rings. The molecule has 3 nitrogen and oxygen atoms in total. The highest BCUT2D eigenvalue weighted by Crippen LogP contribution is 2.28. The Morgan fingerprint density at radius 2 is 1.83 bits per heavy atom. The average Bonchev–Trinajstić information content (AvgIpc) is 2.93. The molecule has 0 saturated heterocycles. The van der Waals surface area contributed by atoms with E-state index in [0.29, 0.717) is 6.54 Å². The number of nitrogens with two attached hydrogens (primary N) is 1. The summed E-state index contributed by atoms with van der Waals surface area (Å²) in [6, 6.07) is 18.9. The van der Waals surface area contributed by atoms with Crippen LogP contribution in [0.1, 0.15) is 5.69 Å². The van der Waals surface area contributed by atoms with Crippen LogP contribution in [-0.2, 0) is 6.42 Å². The lowest BCUT2D eigenvalue weighted by molar-refractivity contribution is 0.906. The molecule has 0 bridgehead atoms. The summed E-state index contributed by atoms with van der Waals surface area (Å²) in [4.78, 5) is 4.84. The van der Waals surface area contributed by atoms with Crippen molar-refractivity contribution in [3.8, 4) is 11.3 Å². The van der Waals surface area contributed by atoms with Crippen molar-refractivity contribution in [1.29, 1.82) is 0 Å². The predicted octanol–water partition coefficient (Wildman–Crippen LogP) is 4.42. The predicted molar refractivity (Wildman–Crippen MR) is 98.6 cm³/mol. The Balaban J connectivity index is 1.97. The van der Waals surface area contributed by atoms with Gasteiger partial charge >= 0.3 is 0 Å². The van der Waals surface area contributed by atoms with Crippen LogP contribution in [0.2, 0.25) is 0 Å². The van der Waals surface area contributed by atoms with Crippen molar-refractivity contribution in [1.82, 2.24) is 9.38 Å². The van der Waals surface area contributed by atoms with Crippen LogP contribution in [0.3, 0.4) is 0 Å². The molecular formula is C19H16BrN3. The molecule has 0 saturated carbocycles. The van der Waals surface area contributed by atoms with E-state index in [2.05, 4.69) is 69.0 Å². The molecule has 0 aliphatic heterocycles. The fourth-order valence-corrected chi connectivity index (χ4v) is 3.35. The second kappa shape index (κ2) is 5.80. The van der Waals surface area contributed by atoms with Crippen molar-refractivity contribution < 1.29 is 0 Å². The SMILES string of the molecule is NCCc1c(-c2ccc3ccccc3c2)nc2ccc(Br)cn12. The summed E-state index contributed by atoms with van der Waals surface area (Å²) in [5, 5.41) is 2.46. The smallest absolute Gasteiger partial charge is 0.137 e. The molecule has 4 rings (SSSR count). The van der Waals surface area contributed by atoms with Crippen LogP contribution in [-0.4, -0.2) is 15.9 Å². The summed E-state index contributed by atoms with van der Waals surface area (Å²) >= 11 is 3.54. The normalized spacial score (nSPS) is 11.4. The highest BCUT2D eigenvalue weighted by Gasteiger charge is 2.14. The Hall–Kier alpha value is -2.17. The van der Waals surface area contributed by atoms with Crippen LogP contribution in [0.25, 0.3) is 27.7 Å². The van der Waals surface area contributed by atoms with Gasteiger partial charge in [-0.25, -0.2) is 4.98 Å². The number of aromatic nitrogens is 2. The Labute approximate surface area is 142 Å². The summed E-state index contributed by atoms with van der Waals surface area (Å²) in [7, 11) is 0. The molecule has 23 heavy (non-hydrogen) atoms. The molecular weight excluding hydrogens is 350 g/mol. The Morgan fingerprint density at radius 1 is 1.00 bits per heavy atom. The summed E-state index contributed by atoms with van der Waals surface area (Å²) < 4.78 is 3.16. The topological polar surface area (TPSA) is 43.3 Å². The highest BCUT2D eigenvalue weighted by atomic mass is 79.9. The van der Waals surface area contributed by atoms with E-state index in [1.807, 2.05) is 12.1 Å². The van der Waals surface area contributed by atoms with Gasteiger partial charge in [0.25, 0.3) is 0 Å². The number of rotatable bonds is 3. The fraction of sp³-hybridized carbons (Fsp3) is 0.105. The lowest BCUT2D eigenvalue weighted by atomic mass is 10.0. The second-order valence-corrected chi connectivity index (χ2v) is 6.50. The van der Waals surface area contributed by atoms with E-state index < -0.39 is 0 Å². The maximum atomic E-state index is 5.83. The second-order valence-electron chi connectivity index (χ2n) is 5.58. The number of benzene rings is 2. The summed E-state index contributed by atoms with van der Waals surface area (Å²) in [5.74, 6) is 0. The van der Waals surface area contributed by atoms with Gasteiger partial charge in [0.1, 0.15) is 5.65 Å². The van der Waals surface area contributed by atoms with E-state index in [0.717, 1.165) is 33.5 Å². The van der Waals surface area contributed by atoms with E-state index >= 15 is 0 Å². The number of imidazole rings is 1. The molecule has 0 radical (unpaired) electrons. The summed E-state index contributed by atoms with van der Waals surface area (Å²) in [6.45, 7) is 0.598. The Kier molecular flexibility index (Phi) is 3.63. The summed E-state index contributed by atoms with van der Waals surface area (Å²) in [5.41, 5.74) is 10.1. The van der Waals surface area contributed by atoms with Crippen molar-refractivity contribution in [2.45, 2.75) is 6.42 Å². The molecule has 2 aromatic carbocycles. The zero-order valence-electron chi connectivity index (χ0n) is 12.5. The van der Waals surface area contributed by atoms with E-state index in [4.69, 9.17) is 10.7 Å². The van der Waals surface area contributed by atoms with Gasteiger partial charge in [-0.2, -0.15) is 0 Å². The van der Waals surface area contributed by atoms with Gasteiger partial charge < -0.3 is 10.1 Å². The van der Waals surface area contributed by atoms with Gasteiger partial charge in [-0.05, 0) is 51.4 Å². The third kappa shape index (κ3) is 2.54. The molecule has 0 aliphatic carbocycles. The number of halogens is 1. The quantitative estimate of drug-likeness (QED) is 0.583. The summed E-state index contributed by atoms with van der Waals surface area (Å²) in [6.07, 6.45) is 2.84. The van der Waals surface area contributed by atoms with Gasteiger partial charge in [0.2, 0.25) is 0 Å². The molecule has 0 unspecified atom stereocenters. The molecule has 114 valence electrons. The van der Waals surface area contributed by atoms with Gasteiger partial charge in [0.15, 0.2) is 0 Å². The monoisotopic (exact) mass is 365 g/mol. The molecule has 0 aliphatic rings. The first-order valence-electron chi connectivity index (χ1n) is 7.62. The molecule has 4 aromatic rings. The number of hydrogen-bond acceptors (Lipinski definition) is 2. The molecule has 4 heteroatoms. The van der Waals surface area contributed by atoms with E-state index in [1.54, 1.807) is 0 Å². The molecule has 2 heterocycles. The lowest BCUT2D eigenvalue weighted by Gasteiger charge is -2.06. The van der Waals surface area contributed by atoms with Gasteiger partial charge in [-0.1, -0.05) is 36.4 Å². The highest BCUT2D eigenvalue weighted by molar-refractivity contribution is 9.10. The zero-order valence-corrected chi connectivity index (χ0v) is 14.1. The standard InChI is InChI=1S/C19H16BrN3/c20-16-7-8-18-22-19(17(9-10-21)23(18)12-16)15-6-5-13-3-1-2-4-14(13)11-15/h1-8,11-12H,9-10,21H2. The molecule has 0 spiro atoms. The minimum atomic E-state index is 0.598. The van der Waals surface area contributed by atoms with Crippen LogP contribution in [0.4, 0.5) is 0 Å². The zero-order chi connectivity index (χ0) is 15.8. The largest absolute Gasteiger partial charge is 0.330 e. The van der Waals surface area contributed by atoms with Crippen molar-refractivity contribution in [3.05, 3.63) is 71.0 Å².